The summed E-state index contributed by atoms with van der Waals surface area (Å²) in [5, 5.41) is 0. The summed E-state index contributed by atoms with van der Waals surface area (Å²) in [5.41, 5.74) is 5.66. The fraction of sp³-hybridized carbons (Fsp3) is 0.889. The van der Waals surface area contributed by atoms with Gasteiger partial charge in [-0.05, 0) is 24.2 Å². The Morgan fingerprint density at radius 2 is 2.18 bits per heavy atom. The van der Waals surface area contributed by atoms with E-state index < -0.39 is 5.54 Å². The summed E-state index contributed by atoms with van der Waals surface area (Å²) in [5.74, 6) is 0.846. The van der Waals surface area contributed by atoms with Crippen LogP contribution in [0.25, 0.3) is 0 Å². The summed E-state index contributed by atoms with van der Waals surface area (Å²) >= 11 is 0. The number of fused-ring (bicyclic) bond motifs is 2. The Hall–Kier alpha value is -0.370. The molecule has 2 nitrogen and oxygen atoms in total. The average Bonchev–Trinajstić information content (AvgIpc) is 2.20. The smallest absolute Gasteiger partial charge is 0.153 e. The third-order valence-corrected chi connectivity index (χ3v) is 3.99. The molecule has 2 atom stereocenters. The first-order valence-corrected chi connectivity index (χ1v) is 4.31. The van der Waals surface area contributed by atoms with Gasteiger partial charge in [0.15, 0.2) is 5.78 Å². The topological polar surface area (TPSA) is 43.1 Å². The van der Waals surface area contributed by atoms with E-state index in [1.54, 1.807) is 0 Å². The molecule has 0 radical (unpaired) electrons. The van der Waals surface area contributed by atoms with Gasteiger partial charge >= 0.3 is 0 Å². The molecule has 0 aromatic heterocycles. The SMILES string of the molecule is CC1(C)[C@H]2CC[C@]1(N)C(=O)C2. The lowest BCUT2D eigenvalue weighted by atomic mass is 9.77. The Balaban J connectivity index is 2.47. The Labute approximate surface area is 67.1 Å². The number of hydrogen-bond acceptors (Lipinski definition) is 2. The van der Waals surface area contributed by atoms with Crippen molar-refractivity contribution in [3.8, 4) is 0 Å². The van der Waals surface area contributed by atoms with E-state index in [0.29, 0.717) is 11.7 Å². The first kappa shape index (κ1) is 7.29. The quantitative estimate of drug-likeness (QED) is 0.566. The van der Waals surface area contributed by atoms with E-state index in [4.69, 9.17) is 5.73 Å². The van der Waals surface area contributed by atoms with Crippen molar-refractivity contribution in [2.45, 2.75) is 38.6 Å². The molecule has 11 heavy (non-hydrogen) atoms. The predicted octanol–water partition coefficient (Wildman–Crippen LogP) is 1.09. The normalized spacial score (nSPS) is 46.8. The Morgan fingerprint density at radius 1 is 1.55 bits per heavy atom. The summed E-state index contributed by atoms with van der Waals surface area (Å²) in [4.78, 5) is 11.4. The summed E-state index contributed by atoms with van der Waals surface area (Å²) in [6.07, 6.45) is 2.78. The number of carbonyl (C=O) groups excluding carboxylic acids is 1. The van der Waals surface area contributed by atoms with E-state index >= 15 is 0 Å². The minimum atomic E-state index is -0.475. The van der Waals surface area contributed by atoms with Crippen molar-refractivity contribution in [3.05, 3.63) is 0 Å². The van der Waals surface area contributed by atoms with Crippen LogP contribution in [0.15, 0.2) is 0 Å². The molecule has 0 amide bonds. The molecular formula is C9H15NO. The minimum Gasteiger partial charge on any atom is -0.319 e. The van der Waals surface area contributed by atoms with Crippen molar-refractivity contribution in [3.63, 3.8) is 0 Å². The lowest BCUT2D eigenvalue weighted by Gasteiger charge is -2.32. The molecule has 0 saturated heterocycles. The van der Waals surface area contributed by atoms with E-state index in [-0.39, 0.29) is 5.41 Å². The molecule has 2 fully saturated rings. The van der Waals surface area contributed by atoms with Gasteiger partial charge in [-0.1, -0.05) is 13.8 Å². The Bertz CT molecular complexity index is 222. The summed E-state index contributed by atoms with van der Waals surface area (Å²) in [6, 6.07) is 0. The van der Waals surface area contributed by atoms with Crippen LogP contribution in [0.2, 0.25) is 0 Å². The van der Waals surface area contributed by atoms with Gasteiger partial charge in [-0.3, -0.25) is 4.79 Å². The van der Waals surface area contributed by atoms with E-state index in [0.717, 1.165) is 19.3 Å². The van der Waals surface area contributed by atoms with E-state index in [1.165, 1.54) is 0 Å². The molecule has 0 aromatic rings. The second kappa shape index (κ2) is 1.69. The van der Waals surface area contributed by atoms with E-state index in [9.17, 15) is 4.79 Å². The molecule has 62 valence electrons. The van der Waals surface area contributed by atoms with Gasteiger partial charge in [-0.15, -0.1) is 0 Å². The zero-order chi connectivity index (χ0) is 8.28. The summed E-state index contributed by atoms with van der Waals surface area (Å²) < 4.78 is 0. The molecular weight excluding hydrogens is 138 g/mol. The number of carbonyl (C=O) groups is 1. The van der Waals surface area contributed by atoms with Crippen molar-refractivity contribution in [2.75, 3.05) is 0 Å². The summed E-state index contributed by atoms with van der Waals surface area (Å²) in [6.45, 7) is 4.27. The predicted molar refractivity (Wildman–Crippen MR) is 43.0 cm³/mol. The van der Waals surface area contributed by atoms with Gasteiger partial charge in [0.2, 0.25) is 0 Å². The van der Waals surface area contributed by atoms with Gasteiger partial charge in [-0.2, -0.15) is 0 Å². The molecule has 0 aliphatic heterocycles. The van der Waals surface area contributed by atoms with Crippen molar-refractivity contribution in [2.24, 2.45) is 17.1 Å². The summed E-state index contributed by atoms with van der Waals surface area (Å²) in [7, 11) is 0. The van der Waals surface area contributed by atoms with Crippen LogP contribution < -0.4 is 5.73 Å². The molecule has 2 aliphatic rings. The van der Waals surface area contributed by atoms with Crippen molar-refractivity contribution in [1.29, 1.82) is 0 Å². The van der Waals surface area contributed by atoms with Crippen LogP contribution in [0.1, 0.15) is 33.1 Å². The van der Waals surface area contributed by atoms with Crippen molar-refractivity contribution in [1.82, 2.24) is 0 Å². The molecule has 2 rings (SSSR count). The molecule has 2 aliphatic carbocycles. The molecule has 2 bridgehead atoms. The fourth-order valence-electron chi connectivity index (χ4n) is 2.71. The Morgan fingerprint density at radius 3 is 2.36 bits per heavy atom. The third-order valence-electron chi connectivity index (χ3n) is 3.99. The minimum absolute atomic E-state index is 0.0596. The van der Waals surface area contributed by atoms with Gasteiger partial charge in [0.1, 0.15) is 0 Å². The van der Waals surface area contributed by atoms with Crippen LogP contribution in [0.5, 0.6) is 0 Å². The van der Waals surface area contributed by atoms with Gasteiger partial charge < -0.3 is 5.73 Å². The van der Waals surface area contributed by atoms with E-state index in [1.807, 2.05) is 0 Å². The van der Waals surface area contributed by atoms with Gasteiger partial charge in [0.25, 0.3) is 0 Å². The average molecular weight is 153 g/mol. The number of hydrogen-bond donors (Lipinski definition) is 1. The second-order valence-electron chi connectivity index (χ2n) is 4.56. The highest BCUT2D eigenvalue weighted by molar-refractivity contribution is 5.93. The third kappa shape index (κ3) is 0.598. The maximum absolute atomic E-state index is 11.4. The van der Waals surface area contributed by atoms with Gasteiger partial charge in [0, 0.05) is 6.42 Å². The maximum Gasteiger partial charge on any atom is 0.153 e. The van der Waals surface area contributed by atoms with Gasteiger partial charge in [0.05, 0.1) is 5.54 Å². The van der Waals surface area contributed by atoms with E-state index in [2.05, 4.69) is 13.8 Å². The van der Waals surface area contributed by atoms with Crippen molar-refractivity contribution >= 4 is 5.78 Å². The van der Waals surface area contributed by atoms with Crippen LogP contribution >= 0.6 is 0 Å². The van der Waals surface area contributed by atoms with Crippen LogP contribution in [-0.2, 0) is 4.79 Å². The largest absolute Gasteiger partial charge is 0.319 e. The number of ketones is 1. The highest BCUT2D eigenvalue weighted by Gasteiger charge is 2.62. The standard InChI is InChI=1S/C9H15NO/c1-8(2)6-3-4-9(8,10)7(11)5-6/h6H,3-5,10H2,1-2H3/t6-,9-/m0/s1. The second-order valence-corrected chi connectivity index (χ2v) is 4.56. The number of nitrogens with two attached hydrogens (primary N) is 1. The lowest BCUT2D eigenvalue weighted by Crippen LogP contribution is -2.51. The molecule has 0 aromatic carbocycles. The lowest BCUT2D eigenvalue weighted by molar-refractivity contribution is -0.124. The number of rotatable bonds is 0. The number of Topliss-reactive ketones (excluding diaryl/α,β-unsaturated/α-hetero) is 1. The molecule has 2 heteroatoms. The first-order valence-electron chi connectivity index (χ1n) is 4.31. The highest BCUT2D eigenvalue weighted by Crippen LogP contribution is 2.56. The highest BCUT2D eigenvalue weighted by atomic mass is 16.1. The van der Waals surface area contributed by atoms with Crippen LogP contribution in [0.4, 0.5) is 0 Å². The fourth-order valence-corrected chi connectivity index (χ4v) is 2.71. The van der Waals surface area contributed by atoms with Crippen LogP contribution in [-0.4, -0.2) is 11.3 Å². The van der Waals surface area contributed by atoms with Crippen LogP contribution in [0, 0.1) is 11.3 Å². The first-order chi connectivity index (χ1) is 4.98. The maximum atomic E-state index is 11.4. The monoisotopic (exact) mass is 153 g/mol. The molecule has 0 spiro atoms. The molecule has 0 unspecified atom stereocenters. The zero-order valence-corrected chi connectivity index (χ0v) is 7.18. The molecule has 2 N–H and O–H groups in total. The molecule has 0 heterocycles. The molecule has 2 saturated carbocycles. The zero-order valence-electron chi connectivity index (χ0n) is 7.18. The van der Waals surface area contributed by atoms with Crippen LogP contribution in [0.3, 0.4) is 0 Å². The Kier molecular flexibility index (Phi) is 1.12. The van der Waals surface area contributed by atoms with Crippen molar-refractivity contribution < 1.29 is 4.79 Å². The van der Waals surface area contributed by atoms with Gasteiger partial charge in [-0.25, -0.2) is 0 Å².